The minimum absolute atomic E-state index is 0.0709. The Morgan fingerprint density at radius 2 is 2.00 bits per heavy atom. The van der Waals surface area contributed by atoms with E-state index in [1.165, 1.54) is 6.08 Å². The fraction of sp³-hybridized carbons (Fsp3) is 0.529. The third-order valence-electron chi connectivity index (χ3n) is 3.56. The summed E-state index contributed by atoms with van der Waals surface area (Å²) in [5.41, 5.74) is 0.938. The number of hydrogen-bond acceptors (Lipinski definition) is 4. The molecule has 0 saturated carbocycles. The maximum absolute atomic E-state index is 11.7. The van der Waals surface area contributed by atoms with E-state index in [0.717, 1.165) is 12.2 Å². The molecule has 0 bridgehead atoms. The highest BCUT2D eigenvalue weighted by Crippen LogP contribution is 2.41. The second kappa shape index (κ2) is 7.73. The van der Waals surface area contributed by atoms with Crippen molar-refractivity contribution in [1.29, 1.82) is 0 Å². The van der Waals surface area contributed by atoms with E-state index in [9.17, 15) is 9.46 Å². The third kappa shape index (κ3) is 5.00. The van der Waals surface area contributed by atoms with Gasteiger partial charge in [0.25, 0.3) is 0 Å². The molecule has 1 saturated heterocycles. The molecule has 1 unspecified atom stereocenters. The minimum Gasteiger partial charge on any atom is -0.376 e. The Hall–Kier alpha value is -0.970. The van der Waals surface area contributed by atoms with Gasteiger partial charge < -0.3 is 19.1 Å². The van der Waals surface area contributed by atoms with Crippen LogP contribution in [0.2, 0.25) is 0 Å². The zero-order valence-corrected chi connectivity index (χ0v) is 14.8. The Morgan fingerprint density at radius 1 is 1.35 bits per heavy atom. The first-order chi connectivity index (χ1) is 11.2. The van der Waals surface area contributed by atoms with E-state index < -0.39 is 19.6 Å². The van der Waals surface area contributed by atoms with E-state index in [2.05, 4.69) is 0 Å². The quantitative estimate of drug-likeness (QED) is 0.804. The highest BCUT2D eigenvalue weighted by atomic mass is 31.2. The maximum atomic E-state index is 11.7. The molecule has 1 aromatic rings. The fourth-order valence-corrected chi connectivity index (χ4v) is 3.09. The van der Waals surface area contributed by atoms with Gasteiger partial charge in [0.2, 0.25) is 7.37 Å². The normalized spacial score (nSPS) is 31.9. The molecule has 6 heteroatoms. The average molecular weight is 341 g/mol. The van der Waals surface area contributed by atoms with Gasteiger partial charge in [-0.2, -0.15) is 0 Å². The van der Waals surface area contributed by atoms with Crippen molar-refractivity contribution in [2.45, 2.75) is 44.4 Å². The van der Waals surface area contributed by atoms with Crippen molar-refractivity contribution in [3.05, 3.63) is 47.8 Å². The second-order valence-electron chi connectivity index (χ2n) is 5.96. The lowest BCUT2D eigenvalue weighted by Gasteiger charge is -2.24. The molecule has 0 aromatic heterocycles. The SMILES string of the molecule is [2H]/C(=C\[C@H]1O[C@@H](c2ccccc2)[C@H](OC)[C@@H]1OC(C)C)P(C)(=O)O. The van der Waals surface area contributed by atoms with Crippen LogP contribution in [0, 0.1) is 0 Å². The van der Waals surface area contributed by atoms with Gasteiger partial charge in [-0.15, -0.1) is 0 Å². The molecule has 1 aromatic carbocycles. The van der Waals surface area contributed by atoms with Crippen LogP contribution in [0.4, 0.5) is 0 Å². The zero-order chi connectivity index (χ0) is 17.9. The molecular weight excluding hydrogens is 315 g/mol. The summed E-state index contributed by atoms with van der Waals surface area (Å²) in [5, 5.41) is 0. The summed E-state index contributed by atoms with van der Waals surface area (Å²) in [4.78, 5) is 9.59. The summed E-state index contributed by atoms with van der Waals surface area (Å²) < 4.78 is 37.1. The highest BCUT2D eigenvalue weighted by Gasteiger charge is 2.45. The molecule has 0 amide bonds. The average Bonchev–Trinajstić information content (AvgIpc) is 2.84. The van der Waals surface area contributed by atoms with Crippen molar-refractivity contribution >= 4 is 7.37 Å². The smallest absolute Gasteiger partial charge is 0.219 e. The van der Waals surface area contributed by atoms with E-state index in [-0.39, 0.29) is 24.1 Å². The van der Waals surface area contributed by atoms with Crippen LogP contribution < -0.4 is 0 Å². The summed E-state index contributed by atoms with van der Waals surface area (Å²) in [7, 11) is -2.05. The first kappa shape index (κ1) is 16.9. The number of rotatable bonds is 6. The summed E-state index contributed by atoms with van der Waals surface area (Å²) in [6.45, 7) is 4.95. The van der Waals surface area contributed by atoms with E-state index in [1.54, 1.807) is 7.11 Å². The van der Waals surface area contributed by atoms with Crippen LogP contribution in [0.15, 0.2) is 42.2 Å². The monoisotopic (exact) mass is 341 g/mol. The first-order valence-electron chi connectivity index (χ1n) is 8.12. The Balaban J connectivity index is 2.36. The van der Waals surface area contributed by atoms with Crippen LogP contribution >= 0.6 is 7.37 Å². The zero-order valence-electron chi connectivity index (χ0n) is 14.9. The molecule has 1 N–H and O–H groups in total. The number of methoxy groups -OCH3 is 1. The van der Waals surface area contributed by atoms with E-state index in [4.69, 9.17) is 15.6 Å². The lowest BCUT2D eigenvalue weighted by Crippen LogP contribution is -2.36. The molecule has 5 atom stereocenters. The molecule has 2 rings (SSSR count). The molecule has 0 aliphatic carbocycles. The highest BCUT2D eigenvalue weighted by molar-refractivity contribution is 7.60. The third-order valence-corrected chi connectivity index (χ3v) is 4.19. The molecule has 1 heterocycles. The van der Waals surface area contributed by atoms with Gasteiger partial charge >= 0.3 is 0 Å². The minimum atomic E-state index is -3.64. The maximum Gasteiger partial charge on any atom is 0.219 e. The van der Waals surface area contributed by atoms with Gasteiger partial charge in [0, 0.05) is 13.8 Å². The van der Waals surface area contributed by atoms with E-state index in [1.807, 2.05) is 44.2 Å². The van der Waals surface area contributed by atoms with Crippen molar-refractivity contribution in [2.24, 2.45) is 0 Å². The summed E-state index contributed by atoms with van der Waals surface area (Å²) in [5.74, 6) is -0.339. The summed E-state index contributed by atoms with van der Waals surface area (Å²) in [6.07, 6.45) is -0.549. The predicted molar refractivity (Wildman–Crippen MR) is 89.8 cm³/mol. The van der Waals surface area contributed by atoms with Gasteiger partial charge in [-0.1, -0.05) is 30.3 Å². The molecule has 1 aliphatic heterocycles. The molecule has 1 fully saturated rings. The van der Waals surface area contributed by atoms with E-state index >= 15 is 0 Å². The number of hydrogen-bond donors (Lipinski definition) is 1. The van der Waals surface area contributed by atoms with Gasteiger partial charge in [0.15, 0.2) is 0 Å². The lowest BCUT2D eigenvalue weighted by molar-refractivity contribution is -0.0694. The summed E-state index contributed by atoms with van der Waals surface area (Å²) in [6, 6.07) is 9.62. The summed E-state index contributed by atoms with van der Waals surface area (Å²) >= 11 is 0. The van der Waals surface area contributed by atoms with Crippen LogP contribution in [0.1, 0.15) is 26.9 Å². The standard InChI is InChI=1S/C17H25O5P/c1-12(2)21-16-14(10-11-23(4,18)19)22-15(17(16)20-3)13-8-6-5-7-9-13/h5-12,14-17H,1-4H3,(H,18,19)/b11-10+/t14-,15+,16-,17+/m1/s1/i11D. The molecule has 5 nitrogen and oxygen atoms in total. The van der Waals surface area contributed by atoms with Crippen LogP contribution in [-0.2, 0) is 18.8 Å². The molecule has 0 spiro atoms. The fourth-order valence-electron chi connectivity index (χ4n) is 2.67. The molecule has 23 heavy (non-hydrogen) atoms. The molecule has 128 valence electrons. The molecule has 0 radical (unpaired) electrons. The lowest BCUT2D eigenvalue weighted by atomic mass is 10.0. The van der Waals surface area contributed by atoms with Crippen LogP contribution in [0.5, 0.6) is 0 Å². The Bertz CT molecular complexity index is 613. The van der Waals surface area contributed by atoms with Crippen LogP contribution in [0.25, 0.3) is 0 Å². The van der Waals surface area contributed by atoms with Crippen molar-refractivity contribution in [1.82, 2.24) is 0 Å². The van der Waals surface area contributed by atoms with E-state index in [0.29, 0.717) is 0 Å². The van der Waals surface area contributed by atoms with Crippen molar-refractivity contribution in [3.8, 4) is 0 Å². The first-order valence-corrected chi connectivity index (χ1v) is 9.72. The Kier molecular flexibility index (Phi) is 5.67. The van der Waals surface area contributed by atoms with Gasteiger partial charge in [-0.25, -0.2) is 0 Å². The van der Waals surface area contributed by atoms with Crippen molar-refractivity contribution in [2.75, 3.05) is 13.8 Å². The Labute approximate surface area is 139 Å². The van der Waals surface area contributed by atoms with Crippen LogP contribution in [-0.4, -0.2) is 43.1 Å². The molecular formula is C17H25O5P. The topological polar surface area (TPSA) is 65.0 Å². The van der Waals surface area contributed by atoms with Crippen molar-refractivity contribution in [3.63, 3.8) is 0 Å². The van der Waals surface area contributed by atoms with Gasteiger partial charge in [0.05, 0.1) is 7.47 Å². The van der Waals surface area contributed by atoms with Gasteiger partial charge in [-0.3, -0.25) is 4.57 Å². The van der Waals surface area contributed by atoms with Crippen LogP contribution in [0.3, 0.4) is 0 Å². The predicted octanol–water partition coefficient (Wildman–Crippen LogP) is 3.35. The number of ether oxygens (including phenoxy) is 3. The van der Waals surface area contributed by atoms with Gasteiger partial charge in [-0.05, 0) is 31.3 Å². The molecule has 1 aliphatic rings. The number of benzene rings is 1. The van der Waals surface area contributed by atoms with Crippen molar-refractivity contribution < 1.29 is 25.0 Å². The second-order valence-corrected chi connectivity index (χ2v) is 7.97. The largest absolute Gasteiger partial charge is 0.376 e. The Morgan fingerprint density at radius 3 is 2.52 bits per heavy atom. The van der Waals surface area contributed by atoms with Gasteiger partial charge in [0.1, 0.15) is 24.4 Å².